The molecule has 5 rings (SSSR count). The molecule has 1 amide bonds. The summed E-state index contributed by atoms with van der Waals surface area (Å²) in [5, 5.41) is 5.30. The number of pyridine rings is 1. The minimum Gasteiger partial charge on any atom is -0.497 e. The number of nitrogens with zero attached hydrogens (tertiary/aromatic N) is 5. The molecule has 0 N–H and O–H groups in total. The van der Waals surface area contributed by atoms with E-state index in [1.165, 1.54) is 0 Å². The van der Waals surface area contributed by atoms with Gasteiger partial charge in [-0.15, -0.1) is 0 Å². The summed E-state index contributed by atoms with van der Waals surface area (Å²) in [4.78, 5) is 22.5. The predicted octanol–water partition coefficient (Wildman–Crippen LogP) is 3.51. The lowest BCUT2D eigenvalue weighted by atomic mass is 10.1. The topological polar surface area (TPSA) is 76.6 Å². The third-order valence-electron chi connectivity index (χ3n) is 5.96. The highest BCUT2D eigenvalue weighted by atomic mass is 16.5. The molecule has 8 heteroatoms. The van der Waals surface area contributed by atoms with Crippen molar-refractivity contribution in [1.82, 2.24) is 19.7 Å². The summed E-state index contributed by atoms with van der Waals surface area (Å²) in [5.41, 5.74) is 3.81. The van der Waals surface area contributed by atoms with E-state index in [2.05, 4.69) is 16.1 Å². The van der Waals surface area contributed by atoms with Crippen LogP contribution in [0.2, 0.25) is 0 Å². The fraction of sp³-hybridized carbons (Fsp3) is 0.292. The molecule has 1 saturated heterocycles. The summed E-state index contributed by atoms with van der Waals surface area (Å²) in [5.74, 6) is 1.45. The maximum absolute atomic E-state index is 13.6. The predicted molar refractivity (Wildman–Crippen MR) is 122 cm³/mol. The summed E-state index contributed by atoms with van der Waals surface area (Å²) in [6.45, 7) is 4.69. The van der Waals surface area contributed by atoms with Crippen molar-refractivity contribution in [2.75, 3.05) is 38.2 Å². The highest BCUT2D eigenvalue weighted by molar-refractivity contribution is 6.07. The number of carbonyl (C=O) groups excluding carboxylic acids is 1. The minimum atomic E-state index is -0.00778. The van der Waals surface area contributed by atoms with Crippen LogP contribution >= 0.6 is 0 Å². The van der Waals surface area contributed by atoms with Gasteiger partial charge < -0.3 is 19.0 Å². The zero-order valence-corrected chi connectivity index (χ0v) is 18.4. The molecule has 0 saturated carbocycles. The maximum Gasteiger partial charge on any atom is 0.254 e. The van der Waals surface area contributed by atoms with E-state index in [4.69, 9.17) is 14.1 Å². The second kappa shape index (κ2) is 8.03. The van der Waals surface area contributed by atoms with E-state index in [0.29, 0.717) is 35.8 Å². The summed E-state index contributed by atoms with van der Waals surface area (Å²) in [7, 11) is 3.51. The van der Waals surface area contributed by atoms with Gasteiger partial charge in [0.25, 0.3) is 5.91 Å². The average Bonchev–Trinajstić information content (AvgIpc) is 3.47. The van der Waals surface area contributed by atoms with Crippen molar-refractivity contribution in [3.05, 3.63) is 60.0 Å². The number of methoxy groups -OCH3 is 1. The van der Waals surface area contributed by atoms with Gasteiger partial charge in [0.1, 0.15) is 11.4 Å². The van der Waals surface area contributed by atoms with Gasteiger partial charge in [-0.25, -0.2) is 4.98 Å². The largest absolute Gasteiger partial charge is 0.497 e. The first-order valence-corrected chi connectivity index (χ1v) is 10.6. The van der Waals surface area contributed by atoms with E-state index in [1.807, 2.05) is 55.3 Å². The number of benzene rings is 1. The number of fused-ring (bicyclic) bond motifs is 1. The Bertz CT molecular complexity index is 1270. The number of furan rings is 1. The smallest absolute Gasteiger partial charge is 0.254 e. The SMILES string of the molecule is COc1cccc(N2CCN(C(=O)c3cc(-c4ccco4)nc4c3c(C)nn4C)CC2)c1. The molecule has 4 heterocycles. The molecular weight excluding hydrogens is 406 g/mol. The highest BCUT2D eigenvalue weighted by Crippen LogP contribution is 2.29. The Morgan fingerprint density at radius 3 is 2.62 bits per heavy atom. The average molecular weight is 431 g/mol. The number of ether oxygens (including phenoxy) is 1. The number of anilines is 1. The number of rotatable bonds is 4. The highest BCUT2D eigenvalue weighted by Gasteiger charge is 2.27. The number of hydrogen-bond donors (Lipinski definition) is 0. The van der Waals surface area contributed by atoms with Crippen LogP contribution in [-0.2, 0) is 7.05 Å². The van der Waals surface area contributed by atoms with Crippen LogP contribution in [0.25, 0.3) is 22.5 Å². The second-order valence-corrected chi connectivity index (χ2v) is 7.92. The third kappa shape index (κ3) is 3.47. The van der Waals surface area contributed by atoms with E-state index >= 15 is 0 Å². The molecule has 0 radical (unpaired) electrons. The standard InChI is InChI=1S/C24H25N5O3/c1-16-22-19(15-20(21-8-5-13-32-21)25-23(22)27(2)26-16)24(30)29-11-9-28(10-12-29)17-6-4-7-18(14-17)31-3/h4-8,13-15H,9-12H2,1-3H3. The molecule has 0 atom stereocenters. The van der Waals surface area contributed by atoms with E-state index in [1.54, 1.807) is 18.1 Å². The van der Waals surface area contributed by atoms with Gasteiger partial charge in [-0.05, 0) is 37.3 Å². The Hall–Kier alpha value is -3.81. The Morgan fingerprint density at radius 2 is 1.91 bits per heavy atom. The van der Waals surface area contributed by atoms with Crippen LogP contribution in [0, 0.1) is 6.92 Å². The van der Waals surface area contributed by atoms with Gasteiger partial charge in [0.2, 0.25) is 0 Å². The number of aromatic nitrogens is 3. The van der Waals surface area contributed by atoms with Gasteiger partial charge in [-0.1, -0.05) is 6.07 Å². The molecule has 4 aromatic rings. The maximum atomic E-state index is 13.6. The molecule has 0 bridgehead atoms. The molecule has 0 aliphatic carbocycles. The van der Waals surface area contributed by atoms with Crippen LogP contribution in [0.1, 0.15) is 16.1 Å². The van der Waals surface area contributed by atoms with E-state index in [-0.39, 0.29) is 5.91 Å². The van der Waals surface area contributed by atoms with Gasteiger partial charge >= 0.3 is 0 Å². The lowest BCUT2D eigenvalue weighted by Crippen LogP contribution is -2.48. The van der Waals surface area contributed by atoms with Crippen LogP contribution in [0.4, 0.5) is 5.69 Å². The molecule has 32 heavy (non-hydrogen) atoms. The van der Waals surface area contributed by atoms with Crippen molar-refractivity contribution in [2.24, 2.45) is 7.05 Å². The van der Waals surface area contributed by atoms with E-state index in [0.717, 1.165) is 35.6 Å². The summed E-state index contributed by atoms with van der Waals surface area (Å²) >= 11 is 0. The van der Waals surface area contributed by atoms with E-state index < -0.39 is 0 Å². The quantitative estimate of drug-likeness (QED) is 0.492. The van der Waals surface area contributed by atoms with Gasteiger partial charge in [0, 0.05) is 45.0 Å². The first kappa shape index (κ1) is 20.1. The lowest BCUT2D eigenvalue weighted by molar-refractivity contribution is 0.0748. The van der Waals surface area contributed by atoms with Gasteiger partial charge in [0.05, 0.1) is 30.0 Å². The number of aryl methyl sites for hydroxylation is 2. The Morgan fingerprint density at radius 1 is 1.09 bits per heavy atom. The Labute approximate surface area is 186 Å². The fourth-order valence-electron chi connectivity index (χ4n) is 4.31. The Balaban J connectivity index is 1.44. The summed E-state index contributed by atoms with van der Waals surface area (Å²) in [6, 6.07) is 13.5. The van der Waals surface area contributed by atoms with Crippen LogP contribution in [-0.4, -0.2) is 58.9 Å². The van der Waals surface area contributed by atoms with Crippen molar-refractivity contribution < 1.29 is 13.9 Å². The number of amides is 1. The first-order valence-electron chi connectivity index (χ1n) is 10.6. The molecule has 0 spiro atoms. The van der Waals surface area contributed by atoms with Crippen LogP contribution in [0.3, 0.4) is 0 Å². The molecule has 8 nitrogen and oxygen atoms in total. The summed E-state index contributed by atoms with van der Waals surface area (Å²) < 4.78 is 12.6. The van der Waals surface area contributed by atoms with Crippen LogP contribution < -0.4 is 9.64 Å². The summed E-state index contributed by atoms with van der Waals surface area (Å²) in [6.07, 6.45) is 1.61. The van der Waals surface area contributed by atoms with Crippen molar-refractivity contribution >= 4 is 22.6 Å². The lowest BCUT2D eigenvalue weighted by Gasteiger charge is -2.36. The second-order valence-electron chi connectivity index (χ2n) is 7.92. The van der Waals surface area contributed by atoms with E-state index in [9.17, 15) is 4.79 Å². The molecule has 1 aliphatic rings. The zero-order valence-electron chi connectivity index (χ0n) is 18.4. The molecule has 1 aliphatic heterocycles. The third-order valence-corrected chi connectivity index (χ3v) is 5.96. The van der Waals surface area contributed by atoms with Gasteiger partial charge in [0.15, 0.2) is 11.4 Å². The van der Waals surface area contributed by atoms with Gasteiger partial charge in [-0.3, -0.25) is 9.48 Å². The molecule has 3 aromatic heterocycles. The van der Waals surface area contributed by atoms with Crippen LogP contribution in [0.15, 0.2) is 53.1 Å². The minimum absolute atomic E-state index is 0.00778. The first-order chi connectivity index (χ1) is 15.5. The zero-order chi connectivity index (χ0) is 22.2. The Kier molecular flexibility index (Phi) is 5.05. The molecule has 0 unspecified atom stereocenters. The van der Waals surface area contributed by atoms with Crippen molar-refractivity contribution in [1.29, 1.82) is 0 Å². The molecule has 1 fully saturated rings. The fourth-order valence-corrected chi connectivity index (χ4v) is 4.31. The number of carbonyl (C=O) groups is 1. The van der Waals surface area contributed by atoms with Crippen molar-refractivity contribution in [3.63, 3.8) is 0 Å². The number of hydrogen-bond acceptors (Lipinski definition) is 6. The van der Waals surface area contributed by atoms with Crippen molar-refractivity contribution in [2.45, 2.75) is 6.92 Å². The van der Waals surface area contributed by atoms with Gasteiger partial charge in [-0.2, -0.15) is 5.10 Å². The van der Waals surface area contributed by atoms with Crippen LogP contribution in [0.5, 0.6) is 5.75 Å². The molecule has 1 aromatic carbocycles. The monoisotopic (exact) mass is 431 g/mol. The molecule has 164 valence electrons. The number of piperazine rings is 1. The normalized spacial score (nSPS) is 14.2. The molecular formula is C24H25N5O3. The van der Waals surface area contributed by atoms with Crippen molar-refractivity contribution in [3.8, 4) is 17.2 Å².